The number of carboxylic acids is 1. The summed E-state index contributed by atoms with van der Waals surface area (Å²) in [6.45, 7) is -0.313. The molecule has 0 atom stereocenters. The second kappa shape index (κ2) is 3.44. The molecule has 4 nitrogen and oxygen atoms in total. The molecule has 1 aromatic rings. The number of rotatable bonds is 2. The molecule has 0 bridgehead atoms. The van der Waals surface area contributed by atoms with Crippen LogP contribution in [0.4, 0.5) is 0 Å². The first-order valence-corrected chi connectivity index (χ1v) is 3.65. The zero-order valence-corrected chi connectivity index (χ0v) is 6.99. The van der Waals surface area contributed by atoms with Crippen LogP contribution in [0.1, 0.15) is 0 Å². The van der Waals surface area contributed by atoms with Crippen molar-refractivity contribution in [1.82, 2.24) is 4.57 Å². The van der Waals surface area contributed by atoms with E-state index in [0.29, 0.717) is 4.90 Å². The maximum Gasteiger partial charge on any atom is 0.323 e. The second-order valence-corrected chi connectivity index (χ2v) is 2.76. The number of nitrogens with zero attached hydrogens (tertiary/aromatic N) is 1. The van der Waals surface area contributed by atoms with Crippen LogP contribution in [0.2, 0.25) is 0 Å². The highest BCUT2D eigenvalue weighted by molar-refractivity contribution is 7.80. The molecule has 1 rings (SSSR count). The third kappa shape index (κ3) is 2.13. The lowest BCUT2D eigenvalue weighted by Gasteiger charge is -2.00. The van der Waals surface area contributed by atoms with E-state index in [0.717, 1.165) is 4.57 Å². The maximum atomic E-state index is 11.0. The van der Waals surface area contributed by atoms with Crippen molar-refractivity contribution in [3.63, 3.8) is 0 Å². The van der Waals surface area contributed by atoms with Gasteiger partial charge in [0.05, 0.1) is 0 Å². The van der Waals surface area contributed by atoms with Crippen LogP contribution in [0.15, 0.2) is 28.0 Å². The van der Waals surface area contributed by atoms with E-state index in [-0.39, 0.29) is 12.1 Å². The summed E-state index contributed by atoms with van der Waals surface area (Å²) in [5, 5.41) is 8.38. The van der Waals surface area contributed by atoms with Crippen molar-refractivity contribution in [2.24, 2.45) is 0 Å². The van der Waals surface area contributed by atoms with E-state index in [4.69, 9.17) is 5.11 Å². The summed E-state index contributed by atoms with van der Waals surface area (Å²) in [6, 6.07) is 2.83. The van der Waals surface area contributed by atoms with Gasteiger partial charge in [-0.15, -0.1) is 12.6 Å². The van der Waals surface area contributed by atoms with Crippen LogP contribution in [-0.2, 0) is 11.3 Å². The minimum atomic E-state index is -1.04. The molecule has 5 heteroatoms. The molecule has 1 heterocycles. The Kier molecular flexibility index (Phi) is 2.54. The molecular weight excluding hydrogens is 178 g/mol. The van der Waals surface area contributed by atoms with Gasteiger partial charge in [-0.05, 0) is 6.07 Å². The van der Waals surface area contributed by atoms with Crippen LogP contribution in [0, 0.1) is 0 Å². The molecule has 1 N–H and O–H groups in total. The number of carbonyl (C=O) groups is 1. The number of hydrogen-bond donors (Lipinski definition) is 2. The SMILES string of the molecule is O=C(O)Cn1ccc(S)cc1=O. The summed E-state index contributed by atoms with van der Waals surface area (Å²) in [5.41, 5.74) is -0.357. The van der Waals surface area contributed by atoms with E-state index in [9.17, 15) is 9.59 Å². The molecule has 0 saturated heterocycles. The molecule has 64 valence electrons. The highest BCUT2D eigenvalue weighted by Crippen LogP contribution is 1.98. The molecule has 0 spiro atoms. The first-order chi connectivity index (χ1) is 5.59. The van der Waals surface area contributed by atoms with Gasteiger partial charge in [0.1, 0.15) is 6.54 Å². The van der Waals surface area contributed by atoms with Gasteiger partial charge in [0.25, 0.3) is 5.56 Å². The fourth-order valence-electron chi connectivity index (χ4n) is 0.774. The topological polar surface area (TPSA) is 59.3 Å². The summed E-state index contributed by atoms with van der Waals surface area (Å²) in [4.78, 5) is 21.8. The average molecular weight is 185 g/mol. The van der Waals surface area contributed by atoms with Gasteiger partial charge in [0, 0.05) is 17.2 Å². The predicted molar refractivity (Wildman–Crippen MR) is 45.6 cm³/mol. The molecule has 0 saturated carbocycles. The van der Waals surface area contributed by atoms with Gasteiger partial charge in [0.15, 0.2) is 0 Å². The van der Waals surface area contributed by atoms with Crippen molar-refractivity contribution in [3.8, 4) is 0 Å². The van der Waals surface area contributed by atoms with Crippen LogP contribution in [-0.4, -0.2) is 15.6 Å². The van der Waals surface area contributed by atoms with Gasteiger partial charge in [-0.25, -0.2) is 0 Å². The van der Waals surface area contributed by atoms with Crippen LogP contribution in [0.5, 0.6) is 0 Å². The lowest BCUT2D eigenvalue weighted by Crippen LogP contribution is -2.22. The molecule has 12 heavy (non-hydrogen) atoms. The first-order valence-electron chi connectivity index (χ1n) is 3.21. The van der Waals surface area contributed by atoms with Gasteiger partial charge >= 0.3 is 5.97 Å². The third-order valence-electron chi connectivity index (χ3n) is 1.29. The van der Waals surface area contributed by atoms with E-state index in [1.807, 2.05) is 0 Å². The first kappa shape index (κ1) is 8.86. The van der Waals surface area contributed by atoms with Gasteiger partial charge in [-0.3, -0.25) is 9.59 Å². The van der Waals surface area contributed by atoms with Gasteiger partial charge in [-0.2, -0.15) is 0 Å². The summed E-state index contributed by atoms with van der Waals surface area (Å²) < 4.78 is 1.10. The van der Waals surface area contributed by atoms with Crippen molar-refractivity contribution < 1.29 is 9.90 Å². The Balaban J connectivity index is 3.02. The smallest absolute Gasteiger partial charge is 0.323 e. The van der Waals surface area contributed by atoms with Crippen LogP contribution in [0.3, 0.4) is 0 Å². The monoisotopic (exact) mass is 185 g/mol. The fraction of sp³-hybridized carbons (Fsp3) is 0.143. The standard InChI is InChI=1S/C7H7NO3S/c9-6-3-5(12)1-2-8(6)4-7(10)11/h1-3,12H,4H2,(H,10,11). The lowest BCUT2D eigenvalue weighted by molar-refractivity contribution is -0.137. The zero-order chi connectivity index (χ0) is 9.14. The van der Waals surface area contributed by atoms with Crippen LogP contribution >= 0.6 is 12.6 Å². The Bertz CT molecular complexity index is 358. The second-order valence-electron chi connectivity index (χ2n) is 2.24. The molecule has 0 amide bonds. The van der Waals surface area contributed by atoms with E-state index in [1.165, 1.54) is 12.3 Å². The normalized spacial score (nSPS) is 9.75. The molecule has 0 unspecified atom stereocenters. The van der Waals surface area contributed by atoms with E-state index >= 15 is 0 Å². The van der Waals surface area contributed by atoms with Crippen LogP contribution in [0.25, 0.3) is 0 Å². The van der Waals surface area contributed by atoms with Crippen molar-refractivity contribution in [1.29, 1.82) is 0 Å². The van der Waals surface area contributed by atoms with Crippen molar-refractivity contribution >= 4 is 18.6 Å². The Labute approximate surface area is 73.9 Å². The molecule has 0 aliphatic rings. The van der Waals surface area contributed by atoms with E-state index in [1.54, 1.807) is 6.07 Å². The van der Waals surface area contributed by atoms with Crippen molar-refractivity contribution in [3.05, 3.63) is 28.7 Å². The van der Waals surface area contributed by atoms with Gasteiger partial charge in [0.2, 0.25) is 0 Å². The Hall–Kier alpha value is -1.23. The zero-order valence-electron chi connectivity index (χ0n) is 6.10. The largest absolute Gasteiger partial charge is 0.480 e. The Morgan fingerprint density at radius 1 is 1.67 bits per heavy atom. The summed E-state index contributed by atoms with van der Waals surface area (Å²) >= 11 is 3.93. The lowest BCUT2D eigenvalue weighted by atomic mass is 10.4. The van der Waals surface area contributed by atoms with Gasteiger partial charge in [-0.1, -0.05) is 0 Å². The summed E-state index contributed by atoms with van der Waals surface area (Å²) in [6.07, 6.45) is 1.40. The number of aliphatic carboxylic acids is 1. The van der Waals surface area contributed by atoms with Gasteiger partial charge < -0.3 is 9.67 Å². The highest BCUT2D eigenvalue weighted by Gasteiger charge is 2.00. The van der Waals surface area contributed by atoms with Crippen molar-refractivity contribution in [2.75, 3.05) is 0 Å². The predicted octanol–water partition coefficient (Wildman–Crippen LogP) is 0.222. The van der Waals surface area contributed by atoms with E-state index in [2.05, 4.69) is 12.6 Å². The molecule has 0 radical (unpaired) electrons. The number of pyridine rings is 1. The molecular formula is C7H7NO3S. The quantitative estimate of drug-likeness (QED) is 0.648. The number of hydrogen-bond acceptors (Lipinski definition) is 3. The third-order valence-corrected chi connectivity index (χ3v) is 1.56. The molecule has 0 aromatic carbocycles. The number of aromatic nitrogens is 1. The highest BCUT2D eigenvalue weighted by atomic mass is 32.1. The Morgan fingerprint density at radius 2 is 2.33 bits per heavy atom. The molecule has 0 fully saturated rings. The molecule has 0 aliphatic heterocycles. The summed E-state index contributed by atoms with van der Waals surface area (Å²) in [7, 11) is 0. The average Bonchev–Trinajstić information content (AvgIpc) is 1.94. The minimum Gasteiger partial charge on any atom is -0.480 e. The minimum absolute atomic E-state index is 0.313. The summed E-state index contributed by atoms with van der Waals surface area (Å²) in [5.74, 6) is -1.04. The number of thiol groups is 1. The fourth-order valence-corrected chi connectivity index (χ4v) is 0.951. The number of carboxylic acid groups (broad SMARTS) is 1. The Morgan fingerprint density at radius 3 is 2.83 bits per heavy atom. The molecule has 0 aliphatic carbocycles. The molecule has 1 aromatic heterocycles. The van der Waals surface area contributed by atoms with Crippen LogP contribution < -0.4 is 5.56 Å². The maximum absolute atomic E-state index is 11.0. The van der Waals surface area contributed by atoms with E-state index < -0.39 is 5.97 Å². The van der Waals surface area contributed by atoms with Crippen molar-refractivity contribution in [2.45, 2.75) is 11.4 Å².